The number of amides is 2. The van der Waals surface area contributed by atoms with Crippen LogP contribution in [0.5, 0.6) is 17.2 Å². The number of hydrogen-bond acceptors (Lipinski definition) is 6. The van der Waals surface area contributed by atoms with E-state index in [0.29, 0.717) is 53.7 Å². The second kappa shape index (κ2) is 9.11. The topological polar surface area (TPSA) is 94.9 Å². The SMILES string of the molecule is Cc1c(C(=O)NCCCN2C(=O)C3(COc4cc5c(cc43)OCO5)c3ccccc32)cnn1-c1ccc(F)cc1. The van der Waals surface area contributed by atoms with Gasteiger partial charge >= 0.3 is 0 Å². The van der Waals surface area contributed by atoms with Crippen LogP contribution >= 0.6 is 0 Å². The maximum absolute atomic E-state index is 14.1. The van der Waals surface area contributed by atoms with Gasteiger partial charge in [0, 0.05) is 30.4 Å². The molecule has 0 radical (unpaired) electrons. The van der Waals surface area contributed by atoms with E-state index in [1.165, 1.54) is 18.3 Å². The molecule has 7 rings (SSSR count). The van der Waals surface area contributed by atoms with Crippen molar-refractivity contribution < 1.29 is 28.2 Å². The van der Waals surface area contributed by atoms with Gasteiger partial charge in [0.25, 0.3) is 5.91 Å². The Morgan fingerprint density at radius 2 is 1.80 bits per heavy atom. The summed E-state index contributed by atoms with van der Waals surface area (Å²) < 4.78 is 32.0. The molecule has 3 aliphatic heterocycles. The summed E-state index contributed by atoms with van der Waals surface area (Å²) in [6.07, 6.45) is 2.04. The van der Waals surface area contributed by atoms with E-state index in [4.69, 9.17) is 14.2 Å². The van der Waals surface area contributed by atoms with Crippen LogP contribution in [0, 0.1) is 12.7 Å². The lowest BCUT2D eigenvalue weighted by Gasteiger charge is -2.23. The second-order valence-electron chi connectivity index (χ2n) is 10.0. The maximum Gasteiger partial charge on any atom is 0.254 e. The van der Waals surface area contributed by atoms with Gasteiger partial charge in [0.2, 0.25) is 12.7 Å². The fourth-order valence-electron chi connectivity index (χ4n) is 5.80. The fraction of sp³-hybridized carbons (Fsp3) is 0.233. The number of nitrogens with zero attached hydrogens (tertiary/aromatic N) is 3. The van der Waals surface area contributed by atoms with Crippen LogP contribution in [0.4, 0.5) is 10.1 Å². The smallest absolute Gasteiger partial charge is 0.254 e. The first-order chi connectivity index (χ1) is 19.5. The predicted molar refractivity (Wildman–Crippen MR) is 143 cm³/mol. The van der Waals surface area contributed by atoms with Crippen molar-refractivity contribution in [2.24, 2.45) is 0 Å². The highest BCUT2D eigenvalue weighted by Crippen LogP contribution is 2.54. The Morgan fingerprint density at radius 3 is 2.62 bits per heavy atom. The van der Waals surface area contributed by atoms with Crippen molar-refractivity contribution in [2.75, 3.05) is 31.4 Å². The minimum atomic E-state index is -0.956. The summed E-state index contributed by atoms with van der Waals surface area (Å²) in [6, 6.07) is 17.3. The number of para-hydroxylation sites is 1. The summed E-state index contributed by atoms with van der Waals surface area (Å²) in [7, 11) is 0. The molecule has 3 aliphatic rings. The molecule has 40 heavy (non-hydrogen) atoms. The monoisotopic (exact) mass is 540 g/mol. The first-order valence-electron chi connectivity index (χ1n) is 13.0. The number of halogens is 1. The third-order valence-electron chi connectivity index (χ3n) is 7.81. The third kappa shape index (κ3) is 3.55. The van der Waals surface area contributed by atoms with E-state index in [1.807, 2.05) is 30.3 Å². The zero-order chi connectivity index (χ0) is 27.4. The van der Waals surface area contributed by atoms with Gasteiger partial charge < -0.3 is 24.4 Å². The Bertz CT molecular complexity index is 1670. The molecule has 2 amide bonds. The van der Waals surface area contributed by atoms with Gasteiger partial charge in [-0.15, -0.1) is 0 Å². The third-order valence-corrected chi connectivity index (χ3v) is 7.81. The minimum Gasteiger partial charge on any atom is -0.491 e. The molecular weight excluding hydrogens is 515 g/mol. The number of rotatable bonds is 6. The van der Waals surface area contributed by atoms with Crippen LogP contribution in [0.2, 0.25) is 0 Å². The first kappa shape index (κ1) is 24.2. The Balaban J connectivity index is 1.06. The minimum absolute atomic E-state index is 0.0611. The number of hydrogen-bond donors (Lipinski definition) is 1. The number of ether oxygens (including phenoxy) is 3. The van der Waals surface area contributed by atoms with E-state index in [0.717, 1.165) is 16.8 Å². The molecule has 9 nitrogen and oxygen atoms in total. The Kier molecular flexibility index (Phi) is 5.51. The van der Waals surface area contributed by atoms with Crippen LogP contribution in [0.1, 0.15) is 33.6 Å². The normalized spacial score (nSPS) is 18.1. The average Bonchev–Trinajstić information content (AvgIpc) is 3.73. The van der Waals surface area contributed by atoms with Crippen molar-refractivity contribution in [3.8, 4) is 22.9 Å². The Hall–Kier alpha value is -4.86. The van der Waals surface area contributed by atoms with Gasteiger partial charge in [0.15, 0.2) is 11.5 Å². The number of carbonyl (C=O) groups excluding carboxylic acids is 2. The van der Waals surface area contributed by atoms with Crippen molar-refractivity contribution in [2.45, 2.75) is 18.8 Å². The molecule has 202 valence electrons. The molecule has 0 fully saturated rings. The Labute approximate surface area is 229 Å². The van der Waals surface area contributed by atoms with Gasteiger partial charge in [-0.1, -0.05) is 18.2 Å². The molecular formula is C30H25FN4O5. The van der Waals surface area contributed by atoms with E-state index in [2.05, 4.69) is 10.4 Å². The highest BCUT2D eigenvalue weighted by atomic mass is 19.1. The molecule has 1 N–H and O–H groups in total. The lowest BCUT2D eigenvalue weighted by molar-refractivity contribution is -0.122. The molecule has 1 unspecified atom stereocenters. The van der Waals surface area contributed by atoms with E-state index >= 15 is 0 Å². The van der Waals surface area contributed by atoms with Crippen molar-refractivity contribution in [3.63, 3.8) is 0 Å². The number of fused-ring (bicyclic) bond motifs is 5. The van der Waals surface area contributed by atoms with Crippen molar-refractivity contribution in [3.05, 3.63) is 95.1 Å². The highest BCUT2D eigenvalue weighted by Gasteiger charge is 2.57. The molecule has 0 aliphatic carbocycles. The summed E-state index contributed by atoms with van der Waals surface area (Å²) in [5.41, 5.74) is 3.30. The predicted octanol–water partition coefficient (Wildman–Crippen LogP) is 3.89. The quantitative estimate of drug-likeness (QED) is 0.373. The second-order valence-corrected chi connectivity index (χ2v) is 10.0. The molecule has 1 atom stereocenters. The Morgan fingerprint density at radius 1 is 1.02 bits per heavy atom. The van der Waals surface area contributed by atoms with Crippen molar-refractivity contribution in [1.29, 1.82) is 0 Å². The molecule has 0 saturated carbocycles. The van der Waals surface area contributed by atoms with E-state index in [1.54, 1.807) is 34.7 Å². The maximum atomic E-state index is 14.1. The number of nitrogens with one attached hydrogen (secondary N) is 1. The fourth-order valence-corrected chi connectivity index (χ4v) is 5.80. The summed E-state index contributed by atoms with van der Waals surface area (Å²) >= 11 is 0. The standard InChI is InChI=1S/C30H25FN4O5/c1-18-21(15-33-35(18)20-9-7-19(31)8-10-20)28(36)32-11-4-12-34-24-6-3-2-5-22(24)30(29(34)37)16-38-25-14-27-26(13-23(25)30)39-17-40-27/h2-3,5-10,13-15H,4,11-12,16-17H2,1H3,(H,32,36). The molecule has 1 aromatic heterocycles. The number of anilines is 1. The van der Waals surface area contributed by atoms with Crippen molar-refractivity contribution >= 4 is 17.5 Å². The summed E-state index contributed by atoms with van der Waals surface area (Å²) in [4.78, 5) is 28.7. The molecule has 3 aromatic carbocycles. The average molecular weight is 541 g/mol. The van der Waals surface area contributed by atoms with E-state index < -0.39 is 5.41 Å². The van der Waals surface area contributed by atoms with Crippen LogP contribution in [0.3, 0.4) is 0 Å². The molecule has 4 aromatic rings. The van der Waals surface area contributed by atoms with Crippen LogP contribution in [0.15, 0.2) is 66.9 Å². The number of carbonyl (C=O) groups is 2. The van der Waals surface area contributed by atoms with Crippen LogP contribution in [-0.2, 0) is 10.2 Å². The van der Waals surface area contributed by atoms with Gasteiger partial charge in [0.1, 0.15) is 23.6 Å². The zero-order valence-electron chi connectivity index (χ0n) is 21.6. The number of aromatic nitrogens is 2. The highest BCUT2D eigenvalue weighted by molar-refractivity contribution is 6.11. The molecule has 4 heterocycles. The van der Waals surface area contributed by atoms with E-state index in [9.17, 15) is 14.0 Å². The largest absolute Gasteiger partial charge is 0.491 e. The summed E-state index contributed by atoms with van der Waals surface area (Å²) in [6.45, 7) is 2.92. The molecule has 10 heteroatoms. The van der Waals surface area contributed by atoms with Crippen LogP contribution < -0.4 is 24.4 Å². The van der Waals surface area contributed by atoms with E-state index in [-0.39, 0.29) is 31.0 Å². The zero-order valence-corrected chi connectivity index (χ0v) is 21.6. The molecule has 0 bridgehead atoms. The van der Waals surface area contributed by atoms with Crippen molar-refractivity contribution in [1.82, 2.24) is 15.1 Å². The van der Waals surface area contributed by atoms with Gasteiger partial charge in [-0.25, -0.2) is 9.07 Å². The van der Waals surface area contributed by atoms with Gasteiger partial charge in [-0.2, -0.15) is 5.10 Å². The van der Waals surface area contributed by atoms with Gasteiger partial charge in [0.05, 0.1) is 23.1 Å². The van der Waals surface area contributed by atoms with Gasteiger partial charge in [-0.3, -0.25) is 9.59 Å². The first-order valence-corrected chi connectivity index (χ1v) is 13.0. The lowest BCUT2D eigenvalue weighted by atomic mass is 9.77. The summed E-state index contributed by atoms with van der Waals surface area (Å²) in [5, 5.41) is 7.23. The molecule has 1 spiro atoms. The van der Waals surface area contributed by atoms with Crippen LogP contribution in [0.25, 0.3) is 5.69 Å². The van der Waals surface area contributed by atoms with Gasteiger partial charge in [-0.05, 0) is 55.3 Å². The number of benzene rings is 3. The summed E-state index contributed by atoms with van der Waals surface area (Å²) in [5.74, 6) is 1.18. The van der Waals surface area contributed by atoms with Crippen LogP contribution in [-0.4, -0.2) is 48.1 Å². The molecule has 0 saturated heterocycles. The lowest BCUT2D eigenvalue weighted by Crippen LogP contribution is -2.43.